The number of aromatic amines is 1. The van der Waals surface area contributed by atoms with Gasteiger partial charge in [0.2, 0.25) is 0 Å². The van der Waals surface area contributed by atoms with E-state index in [0.29, 0.717) is 11.4 Å². The molecule has 3 rings (SSSR count). The molecule has 0 unspecified atom stereocenters. The molecule has 2 aromatic carbocycles. The van der Waals surface area contributed by atoms with E-state index < -0.39 is 0 Å². The van der Waals surface area contributed by atoms with E-state index in [1.54, 1.807) is 6.07 Å². The molecule has 0 saturated heterocycles. The van der Waals surface area contributed by atoms with Crippen molar-refractivity contribution in [2.75, 3.05) is 0 Å². The largest absolute Gasteiger partial charge is 0.322 e. The van der Waals surface area contributed by atoms with Crippen molar-refractivity contribution in [3.05, 3.63) is 69.5 Å². The first-order chi connectivity index (χ1) is 9.70. The van der Waals surface area contributed by atoms with E-state index in [1.165, 1.54) is 0 Å². The van der Waals surface area contributed by atoms with Gasteiger partial charge in [-0.3, -0.25) is 4.79 Å². The summed E-state index contributed by atoms with van der Waals surface area (Å²) in [5.74, 6) is 0. The van der Waals surface area contributed by atoms with Crippen LogP contribution in [0.15, 0.2) is 53.3 Å². The van der Waals surface area contributed by atoms with Crippen LogP contribution in [0.1, 0.15) is 12.5 Å². The van der Waals surface area contributed by atoms with Crippen LogP contribution in [0.3, 0.4) is 0 Å². The summed E-state index contributed by atoms with van der Waals surface area (Å²) in [6.45, 7) is 2.00. The van der Waals surface area contributed by atoms with Crippen LogP contribution in [0, 0.1) is 0 Å². The van der Waals surface area contributed by atoms with Crippen LogP contribution in [0.2, 0.25) is 5.02 Å². The smallest absolute Gasteiger partial charge is 0.252 e. The fourth-order valence-corrected chi connectivity index (χ4v) is 2.76. The molecule has 0 bridgehead atoms. The van der Waals surface area contributed by atoms with Crippen LogP contribution in [-0.4, -0.2) is 4.98 Å². The van der Waals surface area contributed by atoms with Gasteiger partial charge in [0.15, 0.2) is 0 Å². The standard InChI is InChI=1S/C17H14ClNO/c1-2-13-16(11-6-4-3-5-7-11)14-9-8-12(18)10-15(14)19-17(13)20/h3-10H,2H2,1H3,(H,19,20). The van der Waals surface area contributed by atoms with Crippen LogP contribution >= 0.6 is 11.6 Å². The predicted molar refractivity (Wildman–Crippen MR) is 84.4 cm³/mol. The van der Waals surface area contributed by atoms with Gasteiger partial charge in [-0.05, 0) is 29.7 Å². The third-order valence-electron chi connectivity index (χ3n) is 3.49. The number of nitrogens with one attached hydrogen (secondary N) is 1. The summed E-state index contributed by atoms with van der Waals surface area (Å²) in [7, 11) is 0. The molecule has 0 aliphatic rings. The molecule has 1 heterocycles. The monoisotopic (exact) mass is 283 g/mol. The summed E-state index contributed by atoms with van der Waals surface area (Å²) in [6.07, 6.45) is 0.693. The Kier molecular flexibility index (Phi) is 3.33. The van der Waals surface area contributed by atoms with Gasteiger partial charge in [-0.1, -0.05) is 54.9 Å². The molecule has 1 aromatic heterocycles. The van der Waals surface area contributed by atoms with Crippen molar-refractivity contribution < 1.29 is 0 Å². The molecule has 20 heavy (non-hydrogen) atoms. The number of benzene rings is 2. The molecule has 100 valence electrons. The number of H-pyrrole nitrogens is 1. The predicted octanol–water partition coefficient (Wildman–Crippen LogP) is 4.41. The lowest BCUT2D eigenvalue weighted by Gasteiger charge is -2.12. The van der Waals surface area contributed by atoms with Gasteiger partial charge in [0, 0.05) is 16.0 Å². The lowest BCUT2D eigenvalue weighted by molar-refractivity contribution is 1.08. The third kappa shape index (κ3) is 2.12. The molecular weight excluding hydrogens is 270 g/mol. The molecule has 0 aliphatic heterocycles. The zero-order chi connectivity index (χ0) is 14.1. The summed E-state index contributed by atoms with van der Waals surface area (Å²) in [4.78, 5) is 15.2. The van der Waals surface area contributed by atoms with E-state index in [1.807, 2.05) is 49.4 Å². The van der Waals surface area contributed by atoms with E-state index in [9.17, 15) is 4.79 Å². The van der Waals surface area contributed by atoms with Gasteiger partial charge in [-0.2, -0.15) is 0 Å². The van der Waals surface area contributed by atoms with Crippen molar-refractivity contribution in [3.63, 3.8) is 0 Å². The average Bonchev–Trinajstić information content (AvgIpc) is 2.46. The molecule has 0 aliphatic carbocycles. The van der Waals surface area contributed by atoms with E-state index in [0.717, 1.165) is 27.6 Å². The van der Waals surface area contributed by atoms with Crippen molar-refractivity contribution in [1.29, 1.82) is 0 Å². The summed E-state index contributed by atoms with van der Waals surface area (Å²) >= 11 is 6.02. The lowest BCUT2D eigenvalue weighted by atomic mass is 9.95. The molecular formula is C17H14ClNO. The van der Waals surface area contributed by atoms with Crippen molar-refractivity contribution in [2.24, 2.45) is 0 Å². The van der Waals surface area contributed by atoms with Crippen LogP contribution in [0.4, 0.5) is 0 Å². The van der Waals surface area contributed by atoms with Gasteiger partial charge < -0.3 is 4.98 Å². The molecule has 0 radical (unpaired) electrons. The second kappa shape index (κ2) is 5.14. The molecule has 3 aromatic rings. The molecule has 0 fully saturated rings. The van der Waals surface area contributed by atoms with E-state index >= 15 is 0 Å². The number of pyridine rings is 1. The molecule has 0 amide bonds. The highest BCUT2D eigenvalue weighted by atomic mass is 35.5. The Balaban J connectivity index is 2.46. The number of aromatic nitrogens is 1. The van der Waals surface area contributed by atoms with Crippen LogP contribution < -0.4 is 5.56 Å². The third-order valence-corrected chi connectivity index (χ3v) is 3.73. The maximum absolute atomic E-state index is 12.3. The molecule has 0 atom stereocenters. The quantitative estimate of drug-likeness (QED) is 0.742. The Bertz CT molecular complexity index is 822. The number of fused-ring (bicyclic) bond motifs is 1. The molecule has 2 nitrogen and oxygen atoms in total. The first kappa shape index (κ1) is 12.9. The highest BCUT2D eigenvalue weighted by molar-refractivity contribution is 6.31. The van der Waals surface area contributed by atoms with Crippen LogP contribution in [0.25, 0.3) is 22.0 Å². The minimum Gasteiger partial charge on any atom is -0.322 e. The Morgan fingerprint density at radius 2 is 1.85 bits per heavy atom. The van der Waals surface area contributed by atoms with Gasteiger partial charge in [0.05, 0.1) is 5.52 Å². The summed E-state index contributed by atoms with van der Waals surface area (Å²) in [5.41, 5.74) is 3.61. The van der Waals surface area contributed by atoms with Gasteiger partial charge in [-0.25, -0.2) is 0 Å². The Hall–Kier alpha value is -2.06. The minimum absolute atomic E-state index is 0.0406. The summed E-state index contributed by atoms with van der Waals surface area (Å²) < 4.78 is 0. The summed E-state index contributed by atoms with van der Waals surface area (Å²) in [5, 5.41) is 1.65. The summed E-state index contributed by atoms with van der Waals surface area (Å²) in [6, 6.07) is 15.6. The van der Waals surface area contributed by atoms with Crippen LogP contribution in [-0.2, 0) is 6.42 Å². The van der Waals surface area contributed by atoms with E-state index in [-0.39, 0.29) is 5.56 Å². The zero-order valence-electron chi connectivity index (χ0n) is 11.1. The lowest BCUT2D eigenvalue weighted by Crippen LogP contribution is -2.13. The van der Waals surface area contributed by atoms with Crippen molar-refractivity contribution >= 4 is 22.5 Å². The number of hydrogen-bond acceptors (Lipinski definition) is 1. The Labute approximate surface area is 122 Å². The molecule has 0 spiro atoms. The number of halogens is 1. The SMILES string of the molecule is CCc1c(-c2ccccc2)c2ccc(Cl)cc2[nH]c1=O. The van der Waals surface area contributed by atoms with Gasteiger partial charge in [0.25, 0.3) is 5.56 Å². The van der Waals surface area contributed by atoms with Gasteiger partial charge in [-0.15, -0.1) is 0 Å². The second-order valence-corrected chi connectivity index (χ2v) is 5.15. The van der Waals surface area contributed by atoms with E-state index in [4.69, 9.17) is 11.6 Å². The normalized spacial score (nSPS) is 10.9. The van der Waals surface area contributed by atoms with Gasteiger partial charge in [0.1, 0.15) is 0 Å². The van der Waals surface area contributed by atoms with Gasteiger partial charge >= 0.3 is 0 Å². The maximum atomic E-state index is 12.3. The zero-order valence-corrected chi connectivity index (χ0v) is 11.9. The fraction of sp³-hybridized carbons (Fsp3) is 0.118. The van der Waals surface area contributed by atoms with Crippen molar-refractivity contribution in [1.82, 2.24) is 4.98 Å². The highest BCUT2D eigenvalue weighted by Crippen LogP contribution is 2.30. The minimum atomic E-state index is -0.0406. The molecule has 3 heteroatoms. The molecule has 1 N–H and O–H groups in total. The van der Waals surface area contributed by atoms with E-state index in [2.05, 4.69) is 4.98 Å². The molecule has 0 saturated carbocycles. The number of hydrogen-bond donors (Lipinski definition) is 1. The first-order valence-corrected chi connectivity index (χ1v) is 6.98. The second-order valence-electron chi connectivity index (χ2n) is 4.72. The number of rotatable bonds is 2. The van der Waals surface area contributed by atoms with Crippen LogP contribution in [0.5, 0.6) is 0 Å². The first-order valence-electron chi connectivity index (χ1n) is 6.60. The maximum Gasteiger partial charge on any atom is 0.252 e. The van der Waals surface area contributed by atoms with Crippen molar-refractivity contribution in [2.45, 2.75) is 13.3 Å². The highest BCUT2D eigenvalue weighted by Gasteiger charge is 2.13. The average molecular weight is 284 g/mol. The Morgan fingerprint density at radius 3 is 2.55 bits per heavy atom. The topological polar surface area (TPSA) is 32.9 Å². The fourth-order valence-electron chi connectivity index (χ4n) is 2.58. The Morgan fingerprint density at radius 1 is 1.10 bits per heavy atom. The van der Waals surface area contributed by atoms with Crippen molar-refractivity contribution in [3.8, 4) is 11.1 Å².